The van der Waals surface area contributed by atoms with Crippen LogP contribution in [0, 0.1) is 20.8 Å². The monoisotopic (exact) mass is 287 g/mol. The number of thiazole rings is 1. The van der Waals surface area contributed by atoms with Crippen molar-refractivity contribution in [2.75, 3.05) is 5.73 Å². The molecule has 3 aromatic heterocycles. The molecule has 3 heterocycles. The number of fused-ring (bicyclic) bond motifs is 1. The van der Waals surface area contributed by atoms with Crippen LogP contribution in [0.25, 0.3) is 11.2 Å². The molecule has 0 aliphatic carbocycles. The maximum atomic E-state index is 6.09. The van der Waals surface area contributed by atoms with Gasteiger partial charge in [-0.15, -0.1) is 11.3 Å². The molecule has 1 unspecified atom stereocenters. The number of hydrogen-bond donors (Lipinski definition) is 1. The molecule has 2 N–H and O–H groups in total. The number of rotatable bonds is 2. The topological polar surface area (TPSA) is 69.6 Å². The fourth-order valence-electron chi connectivity index (χ4n) is 2.53. The van der Waals surface area contributed by atoms with E-state index in [1.165, 1.54) is 4.88 Å². The first-order chi connectivity index (χ1) is 9.47. The zero-order valence-corrected chi connectivity index (χ0v) is 12.8. The van der Waals surface area contributed by atoms with Crippen LogP contribution in [0.5, 0.6) is 0 Å². The Bertz CT molecular complexity index is 786. The summed E-state index contributed by atoms with van der Waals surface area (Å²) in [6, 6.07) is 2.09. The molecule has 0 aliphatic rings. The van der Waals surface area contributed by atoms with Gasteiger partial charge in [0.2, 0.25) is 5.95 Å². The van der Waals surface area contributed by atoms with Gasteiger partial charge in [0.15, 0.2) is 5.65 Å². The van der Waals surface area contributed by atoms with Crippen LogP contribution >= 0.6 is 11.3 Å². The van der Waals surface area contributed by atoms with E-state index >= 15 is 0 Å². The van der Waals surface area contributed by atoms with E-state index in [9.17, 15) is 0 Å². The van der Waals surface area contributed by atoms with Gasteiger partial charge in [-0.05, 0) is 39.3 Å². The minimum absolute atomic E-state index is 0.0846. The van der Waals surface area contributed by atoms with Gasteiger partial charge < -0.3 is 5.73 Å². The van der Waals surface area contributed by atoms with E-state index < -0.39 is 0 Å². The van der Waals surface area contributed by atoms with Gasteiger partial charge in [0.05, 0.1) is 21.6 Å². The van der Waals surface area contributed by atoms with Crippen molar-refractivity contribution < 1.29 is 0 Å². The van der Waals surface area contributed by atoms with E-state index in [0.29, 0.717) is 5.95 Å². The summed E-state index contributed by atoms with van der Waals surface area (Å²) in [7, 11) is 0. The molecule has 0 saturated heterocycles. The molecule has 1 atom stereocenters. The lowest BCUT2D eigenvalue weighted by molar-refractivity contribution is 0.668. The van der Waals surface area contributed by atoms with Gasteiger partial charge >= 0.3 is 0 Å². The Hall–Kier alpha value is -1.95. The Labute approximate surface area is 121 Å². The molecule has 0 bridgehead atoms. The summed E-state index contributed by atoms with van der Waals surface area (Å²) in [5.74, 6) is 0.496. The van der Waals surface area contributed by atoms with Crippen molar-refractivity contribution in [2.45, 2.75) is 33.7 Å². The van der Waals surface area contributed by atoms with Gasteiger partial charge in [-0.2, -0.15) is 0 Å². The van der Waals surface area contributed by atoms with Crippen LogP contribution < -0.4 is 5.73 Å². The molecule has 0 amide bonds. The molecule has 20 heavy (non-hydrogen) atoms. The summed E-state index contributed by atoms with van der Waals surface area (Å²) < 4.78 is 1.98. The van der Waals surface area contributed by atoms with Crippen LogP contribution in [0.1, 0.15) is 34.1 Å². The van der Waals surface area contributed by atoms with Crippen molar-refractivity contribution in [1.82, 2.24) is 19.5 Å². The fourth-order valence-corrected chi connectivity index (χ4v) is 3.50. The van der Waals surface area contributed by atoms with Crippen LogP contribution in [0.2, 0.25) is 0 Å². The van der Waals surface area contributed by atoms with Gasteiger partial charge in [-0.25, -0.2) is 15.0 Å². The zero-order valence-electron chi connectivity index (χ0n) is 12.0. The molecule has 5 nitrogen and oxygen atoms in total. The van der Waals surface area contributed by atoms with Crippen LogP contribution in [0.15, 0.2) is 12.3 Å². The highest BCUT2D eigenvalue weighted by Gasteiger charge is 2.20. The van der Waals surface area contributed by atoms with Crippen LogP contribution in [-0.4, -0.2) is 19.5 Å². The summed E-state index contributed by atoms with van der Waals surface area (Å²) in [6.07, 6.45) is 1.84. The lowest BCUT2D eigenvalue weighted by Crippen LogP contribution is -2.10. The summed E-state index contributed by atoms with van der Waals surface area (Å²) in [5.41, 5.74) is 9.89. The van der Waals surface area contributed by atoms with E-state index in [2.05, 4.69) is 21.9 Å². The minimum atomic E-state index is 0.0846. The number of aryl methyl sites for hydroxylation is 3. The maximum Gasteiger partial charge on any atom is 0.203 e. The molecule has 0 radical (unpaired) electrons. The van der Waals surface area contributed by atoms with Gasteiger partial charge in [-0.3, -0.25) is 4.57 Å². The van der Waals surface area contributed by atoms with Crippen molar-refractivity contribution in [3.05, 3.63) is 33.4 Å². The number of hydrogen-bond acceptors (Lipinski definition) is 5. The average Bonchev–Trinajstić information content (AvgIpc) is 2.87. The van der Waals surface area contributed by atoms with Gasteiger partial charge in [0.25, 0.3) is 0 Å². The lowest BCUT2D eigenvalue weighted by Gasteiger charge is -2.14. The summed E-state index contributed by atoms with van der Waals surface area (Å²) >= 11 is 1.70. The maximum absolute atomic E-state index is 6.09. The summed E-state index contributed by atoms with van der Waals surface area (Å²) in [5, 5.41) is 1.07. The highest BCUT2D eigenvalue weighted by atomic mass is 32.1. The normalized spacial score (nSPS) is 13.0. The van der Waals surface area contributed by atoms with Crippen LogP contribution in [0.4, 0.5) is 5.95 Å². The zero-order chi connectivity index (χ0) is 14.4. The van der Waals surface area contributed by atoms with Gasteiger partial charge in [0.1, 0.15) is 5.52 Å². The largest absolute Gasteiger partial charge is 0.369 e. The summed E-state index contributed by atoms with van der Waals surface area (Å²) in [4.78, 5) is 14.6. The number of nitrogens with zero attached hydrogens (tertiary/aromatic N) is 4. The van der Waals surface area contributed by atoms with E-state index in [4.69, 9.17) is 5.73 Å². The highest BCUT2D eigenvalue weighted by molar-refractivity contribution is 7.11. The second-order valence-electron chi connectivity index (χ2n) is 5.05. The van der Waals surface area contributed by atoms with E-state index in [1.807, 2.05) is 37.6 Å². The quantitative estimate of drug-likeness (QED) is 0.786. The first kappa shape index (κ1) is 13.1. The summed E-state index contributed by atoms with van der Waals surface area (Å²) in [6.45, 7) is 8.16. The molecule has 104 valence electrons. The molecule has 6 heteroatoms. The number of aromatic nitrogens is 4. The smallest absolute Gasteiger partial charge is 0.203 e. The van der Waals surface area contributed by atoms with Crippen molar-refractivity contribution in [2.24, 2.45) is 0 Å². The Morgan fingerprint density at radius 1 is 1.25 bits per heavy atom. The molecule has 0 aliphatic heterocycles. The van der Waals surface area contributed by atoms with E-state index in [0.717, 1.165) is 27.4 Å². The van der Waals surface area contributed by atoms with Crippen LogP contribution in [-0.2, 0) is 0 Å². The molecule has 3 rings (SSSR count). The van der Waals surface area contributed by atoms with Crippen LogP contribution in [0.3, 0.4) is 0 Å². The second kappa shape index (κ2) is 4.56. The van der Waals surface area contributed by atoms with Gasteiger partial charge in [-0.1, -0.05) is 0 Å². The Morgan fingerprint density at radius 3 is 2.65 bits per heavy atom. The standard InChI is InChI=1S/C14H17N5S/c1-7-5-11-13(16-6-7)19(14(15)18-11)9(3)12-8(2)17-10(4)20-12/h5-6,9H,1-4H3,(H2,15,18). The molecule has 0 spiro atoms. The molecule has 3 aromatic rings. The third kappa shape index (κ3) is 1.96. The van der Waals surface area contributed by atoms with Crippen molar-refractivity contribution in [1.29, 1.82) is 0 Å². The molecule has 0 aromatic carbocycles. The molecular formula is C14H17N5S. The predicted octanol–water partition coefficient (Wildman–Crippen LogP) is 3.00. The lowest BCUT2D eigenvalue weighted by atomic mass is 10.2. The number of nitrogens with two attached hydrogens (primary N) is 1. The number of nitrogen functional groups attached to an aromatic ring is 1. The van der Waals surface area contributed by atoms with Gasteiger partial charge in [0, 0.05) is 6.20 Å². The third-order valence-electron chi connectivity index (χ3n) is 3.40. The first-order valence-electron chi connectivity index (χ1n) is 6.51. The van der Waals surface area contributed by atoms with Crippen molar-refractivity contribution >= 4 is 28.4 Å². The second-order valence-corrected chi connectivity index (χ2v) is 6.29. The first-order valence-corrected chi connectivity index (χ1v) is 7.33. The number of pyridine rings is 1. The van der Waals surface area contributed by atoms with E-state index in [1.54, 1.807) is 11.3 Å². The SMILES string of the molecule is Cc1cnc2c(c1)nc(N)n2C(C)c1sc(C)nc1C. The van der Waals surface area contributed by atoms with Crippen molar-refractivity contribution in [3.8, 4) is 0 Å². The average molecular weight is 287 g/mol. The molecule has 0 fully saturated rings. The van der Waals surface area contributed by atoms with Crippen molar-refractivity contribution in [3.63, 3.8) is 0 Å². The Kier molecular flexibility index (Phi) is 2.97. The fraction of sp³-hybridized carbons (Fsp3) is 0.357. The minimum Gasteiger partial charge on any atom is -0.369 e. The highest BCUT2D eigenvalue weighted by Crippen LogP contribution is 2.31. The molecular weight excluding hydrogens is 270 g/mol. The third-order valence-corrected chi connectivity index (χ3v) is 4.64. The Morgan fingerprint density at radius 2 is 2.00 bits per heavy atom. The van der Waals surface area contributed by atoms with E-state index in [-0.39, 0.29) is 6.04 Å². The number of anilines is 1. The predicted molar refractivity (Wildman–Crippen MR) is 82.1 cm³/mol. The Balaban J connectivity index is 2.18. The number of imidazole rings is 1. The molecule has 0 saturated carbocycles.